The molecule has 0 bridgehead atoms. The highest BCUT2D eigenvalue weighted by atomic mass is 16.2. The third kappa shape index (κ3) is 7.69. The highest BCUT2D eigenvalue weighted by Crippen LogP contribution is 2.03. The van der Waals surface area contributed by atoms with Gasteiger partial charge in [0.25, 0.3) is 0 Å². The lowest BCUT2D eigenvalue weighted by atomic mass is 10.2. The fourth-order valence-electron chi connectivity index (χ4n) is 1.73. The molecule has 0 rings (SSSR count). The quantitative estimate of drug-likeness (QED) is 0.582. The number of nitrogens with zero attached hydrogens (tertiary/aromatic N) is 1. The minimum atomic E-state index is 0.245. The van der Waals surface area contributed by atoms with Crippen molar-refractivity contribution in [1.29, 1.82) is 0 Å². The molecular weight excluding hydrogens is 200 g/mol. The largest absolute Gasteiger partial charge is 0.342 e. The molecule has 0 spiro atoms. The van der Waals surface area contributed by atoms with Crippen molar-refractivity contribution in [2.75, 3.05) is 26.7 Å². The van der Waals surface area contributed by atoms with Crippen LogP contribution in [0.4, 0.5) is 0 Å². The topological polar surface area (TPSA) is 32.3 Å². The summed E-state index contributed by atoms with van der Waals surface area (Å²) < 4.78 is 0. The highest BCUT2D eigenvalue weighted by molar-refractivity contribution is 5.78. The van der Waals surface area contributed by atoms with E-state index in [0.29, 0.717) is 6.54 Å². The molecule has 1 N–H and O–H groups in total. The Balaban J connectivity index is 3.89. The summed E-state index contributed by atoms with van der Waals surface area (Å²) in [5.41, 5.74) is 0. The van der Waals surface area contributed by atoms with Crippen molar-refractivity contribution >= 4 is 5.91 Å². The lowest BCUT2D eigenvalue weighted by Crippen LogP contribution is -2.38. The van der Waals surface area contributed by atoms with Gasteiger partial charge in [-0.1, -0.05) is 39.5 Å². The smallest absolute Gasteiger partial charge is 0.236 e. The van der Waals surface area contributed by atoms with E-state index in [-0.39, 0.29) is 5.91 Å². The van der Waals surface area contributed by atoms with Crippen LogP contribution < -0.4 is 5.32 Å². The van der Waals surface area contributed by atoms with Crippen LogP contribution in [0.2, 0.25) is 0 Å². The second-order valence-electron chi connectivity index (χ2n) is 4.33. The first-order valence-electron chi connectivity index (χ1n) is 6.68. The summed E-state index contributed by atoms with van der Waals surface area (Å²) in [4.78, 5) is 13.8. The van der Waals surface area contributed by atoms with Crippen molar-refractivity contribution in [1.82, 2.24) is 10.2 Å². The van der Waals surface area contributed by atoms with Crippen LogP contribution in [0.5, 0.6) is 0 Å². The van der Waals surface area contributed by atoms with Gasteiger partial charge in [0.05, 0.1) is 6.54 Å². The lowest BCUT2D eigenvalue weighted by molar-refractivity contribution is -0.130. The van der Waals surface area contributed by atoms with Gasteiger partial charge in [-0.3, -0.25) is 4.79 Å². The summed E-state index contributed by atoms with van der Waals surface area (Å²) in [6.45, 7) is 6.71. The number of amides is 1. The number of likely N-dealkylation sites (N-methyl/N-ethyl adjacent to an activating group) is 1. The molecule has 0 aliphatic rings. The number of carbonyl (C=O) groups is 1. The van der Waals surface area contributed by atoms with Gasteiger partial charge in [0.2, 0.25) is 5.91 Å². The van der Waals surface area contributed by atoms with Crippen LogP contribution in [-0.2, 0) is 4.79 Å². The monoisotopic (exact) mass is 228 g/mol. The Bertz CT molecular complexity index is 161. The van der Waals surface area contributed by atoms with Crippen molar-refractivity contribution in [3.63, 3.8) is 0 Å². The van der Waals surface area contributed by atoms with Crippen molar-refractivity contribution in [2.24, 2.45) is 0 Å². The van der Waals surface area contributed by atoms with Crippen LogP contribution in [0.1, 0.15) is 52.4 Å². The average Bonchev–Trinajstić information content (AvgIpc) is 2.28. The van der Waals surface area contributed by atoms with E-state index in [1.807, 2.05) is 11.9 Å². The molecule has 0 aromatic heterocycles. The van der Waals surface area contributed by atoms with Gasteiger partial charge in [0.15, 0.2) is 0 Å². The highest BCUT2D eigenvalue weighted by Gasteiger charge is 2.10. The van der Waals surface area contributed by atoms with E-state index in [1.54, 1.807) is 0 Å². The molecule has 0 heterocycles. The number of unbranched alkanes of at least 4 members (excludes halogenated alkanes) is 4. The van der Waals surface area contributed by atoms with Gasteiger partial charge in [-0.15, -0.1) is 0 Å². The van der Waals surface area contributed by atoms with Crippen LogP contribution in [0.15, 0.2) is 0 Å². The maximum absolute atomic E-state index is 11.8. The second kappa shape index (κ2) is 10.9. The number of nitrogens with one attached hydrogen (secondary N) is 1. The molecule has 3 heteroatoms. The zero-order valence-corrected chi connectivity index (χ0v) is 11.2. The predicted octanol–water partition coefficient (Wildman–Crippen LogP) is 2.41. The van der Waals surface area contributed by atoms with Crippen molar-refractivity contribution in [3.8, 4) is 0 Å². The Morgan fingerprint density at radius 3 is 1.88 bits per heavy atom. The second-order valence-corrected chi connectivity index (χ2v) is 4.33. The Morgan fingerprint density at radius 2 is 1.50 bits per heavy atom. The summed E-state index contributed by atoms with van der Waals surface area (Å²) in [5, 5.41) is 2.94. The van der Waals surface area contributed by atoms with Gasteiger partial charge in [0, 0.05) is 13.1 Å². The molecule has 0 aliphatic heterocycles. The van der Waals surface area contributed by atoms with Gasteiger partial charge in [-0.25, -0.2) is 0 Å². The zero-order valence-electron chi connectivity index (χ0n) is 11.2. The van der Waals surface area contributed by atoms with E-state index in [9.17, 15) is 4.79 Å². The van der Waals surface area contributed by atoms with Crippen LogP contribution in [0.25, 0.3) is 0 Å². The summed E-state index contributed by atoms with van der Waals surface area (Å²) >= 11 is 0. The lowest BCUT2D eigenvalue weighted by Gasteiger charge is -2.22. The molecule has 16 heavy (non-hydrogen) atoms. The van der Waals surface area contributed by atoms with Crippen LogP contribution in [0, 0.1) is 0 Å². The van der Waals surface area contributed by atoms with Crippen LogP contribution in [0.3, 0.4) is 0 Å². The summed E-state index contributed by atoms with van der Waals surface area (Å²) in [6, 6.07) is 0. The minimum absolute atomic E-state index is 0.245. The fourth-order valence-corrected chi connectivity index (χ4v) is 1.73. The molecule has 1 amide bonds. The SMILES string of the molecule is CCCCCN(CCCCC)C(=O)CNC. The molecule has 0 aromatic rings. The molecule has 0 radical (unpaired) electrons. The molecule has 0 aromatic carbocycles. The normalized spacial score (nSPS) is 10.4. The Kier molecular flexibility index (Phi) is 10.5. The molecule has 96 valence electrons. The fraction of sp³-hybridized carbons (Fsp3) is 0.923. The molecule has 0 fully saturated rings. The first-order chi connectivity index (χ1) is 7.76. The number of rotatable bonds is 10. The van der Waals surface area contributed by atoms with E-state index in [1.165, 1.54) is 25.7 Å². The minimum Gasteiger partial charge on any atom is -0.342 e. The van der Waals surface area contributed by atoms with Gasteiger partial charge < -0.3 is 10.2 Å². The third-order valence-electron chi connectivity index (χ3n) is 2.74. The summed E-state index contributed by atoms with van der Waals surface area (Å²) in [7, 11) is 1.83. The molecular formula is C13H28N2O. The van der Waals surface area contributed by atoms with E-state index >= 15 is 0 Å². The van der Waals surface area contributed by atoms with E-state index in [4.69, 9.17) is 0 Å². The molecule has 0 saturated heterocycles. The maximum atomic E-state index is 11.8. The van der Waals surface area contributed by atoms with Gasteiger partial charge in [0.1, 0.15) is 0 Å². The maximum Gasteiger partial charge on any atom is 0.236 e. The molecule has 0 aliphatic carbocycles. The summed E-state index contributed by atoms with van der Waals surface area (Å²) in [5.74, 6) is 0.245. The zero-order chi connectivity index (χ0) is 12.2. The van der Waals surface area contributed by atoms with Gasteiger partial charge >= 0.3 is 0 Å². The standard InChI is InChI=1S/C13H28N2O/c1-4-6-8-10-15(11-9-7-5-2)13(16)12-14-3/h14H,4-12H2,1-3H3. The first-order valence-corrected chi connectivity index (χ1v) is 6.68. The van der Waals surface area contributed by atoms with Gasteiger partial charge in [-0.2, -0.15) is 0 Å². The average molecular weight is 228 g/mol. The van der Waals surface area contributed by atoms with Crippen molar-refractivity contribution < 1.29 is 4.79 Å². The Morgan fingerprint density at radius 1 is 1.00 bits per heavy atom. The molecule has 3 nitrogen and oxygen atoms in total. The van der Waals surface area contributed by atoms with Gasteiger partial charge in [-0.05, 0) is 19.9 Å². The van der Waals surface area contributed by atoms with E-state index < -0.39 is 0 Å². The first kappa shape index (κ1) is 15.4. The Labute approximate surface area is 101 Å². The molecule has 0 unspecified atom stereocenters. The van der Waals surface area contributed by atoms with E-state index in [2.05, 4.69) is 19.2 Å². The van der Waals surface area contributed by atoms with Crippen molar-refractivity contribution in [3.05, 3.63) is 0 Å². The van der Waals surface area contributed by atoms with Crippen LogP contribution >= 0.6 is 0 Å². The summed E-state index contributed by atoms with van der Waals surface area (Å²) in [6.07, 6.45) is 7.14. The molecule has 0 saturated carbocycles. The molecule has 0 atom stereocenters. The predicted molar refractivity (Wildman–Crippen MR) is 69.6 cm³/mol. The number of hydrogen-bond acceptors (Lipinski definition) is 2. The third-order valence-corrected chi connectivity index (χ3v) is 2.74. The number of hydrogen-bond donors (Lipinski definition) is 1. The van der Waals surface area contributed by atoms with Crippen LogP contribution in [-0.4, -0.2) is 37.5 Å². The Hall–Kier alpha value is -0.570. The number of carbonyl (C=O) groups excluding carboxylic acids is 1. The van der Waals surface area contributed by atoms with Crippen molar-refractivity contribution in [2.45, 2.75) is 52.4 Å². The van der Waals surface area contributed by atoms with E-state index in [0.717, 1.165) is 25.9 Å².